The summed E-state index contributed by atoms with van der Waals surface area (Å²) in [4.78, 5) is 1.87. The molecule has 0 bridgehead atoms. The second-order valence-corrected chi connectivity index (χ2v) is 3.15. The Bertz CT molecular complexity index is 134. The van der Waals surface area contributed by atoms with Gasteiger partial charge in [-0.2, -0.15) is 0 Å². The lowest BCUT2D eigenvalue weighted by molar-refractivity contribution is -0.0497. The SMILES string of the molecule is CN1CCOCC(O)(CF)C1. The molecule has 0 aromatic rings. The van der Waals surface area contributed by atoms with E-state index in [0.717, 1.165) is 6.54 Å². The molecule has 66 valence electrons. The summed E-state index contributed by atoms with van der Waals surface area (Å²) in [6.45, 7) is 1.04. The van der Waals surface area contributed by atoms with Gasteiger partial charge in [0.1, 0.15) is 12.3 Å². The Morgan fingerprint density at radius 2 is 2.45 bits per heavy atom. The van der Waals surface area contributed by atoms with E-state index in [-0.39, 0.29) is 6.61 Å². The zero-order valence-corrected chi connectivity index (χ0v) is 6.72. The fraction of sp³-hybridized carbons (Fsp3) is 1.00. The number of likely N-dealkylation sites (N-methyl/N-ethyl adjacent to an activating group) is 1. The Labute approximate surface area is 65.8 Å². The molecule has 1 aliphatic rings. The second kappa shape index (κ2) is 3.47. The Morgan fingerprint density at radius 3 is 3.09 bits per heavy atom. The third-order valence-corrected chi connectivity index (χ3v) is 1.80. The maximum atomic E-state index is 12.3. The molecule has 1 rings (SSSR count). The van der Waals surface area contributed by atoms with E-state index < -0.39 is 12.3 Å². The number of hydrogen-bond acceptors (Lipinski definition) is 3. The van der Waals surface area contributed by atoms with Crippen LogP contribution in [0.1, 0.15) is 0 Å². The summed E-state index contributed by atoms with van der Waals surface area (Å²) in [7, 11) is 1.84. The summed E-state index contributed by atoms with van der Waals surface area (Å²) in [5.41, 5.74) is -1.29. The lowest BCUT2D eigenvalue weighted by Gasteiger charge is -2.25. The lowest BCUT2D eigenvalue weighted by atomic mass is 10.1. The van der Waals surface area contributed by atoms with Crippen LogP contribution >= 0.6 is 0 Å². The van der Waals surface area contributed by atoms with Crippen LogP contribution in [0.4, 0.5) is 4.39 Å². The molecule has 1 N–H and O–H groups in total. The summed E-state index contributed by atoms with van der Waals surface area (Å²) >= 11 is 0. The number of rotatable bonds is 1. The van der Waals surface area contributed by atoms with Gasteiger partial charge < -0.3 is 14.7 Å². The van der Waals surface area contributed by atoms with E-state index in [1.807, 2.05) is 11.9 Å². The molecular formula is C7H14FNO2. The second-order valence-electron chi connectivity index (χ2n) is 3.15. The average Bonchev–Trinajstić information content (AvgIpc) is 2.13. The quantitative estimate of drug-likeness (QED) is 0.573. The first kappa shape index (κ1) is 8.90. The molecule has 0 amide bonds. The van der Waals surface area contributed by atoms with Crippen molar-refractivity contribution >= 4 is 0 Å². The molecule has 0 radical (unpaired) electrons. The van der Waals surface area contributed by atoms with Gasteiger partial charge in [-0.25, -0.2) is 4.39 Å². The predicted molar refractivity (Wildman–Crippen MR) is 39.2 cm³/mol. The lowest BCUT2D eigenvalue weighted by Crippen LogP contribution is -2.44. The zero-order chi connectivity index (χ0) is 8.32. The van der Waals surface area contributed by atoms with Crippen molar-refractivity contribution in [3.63, 3.8) is 0 Å². The first-order chi connectivity index (χ1) is 5.16. The fourth-order valence-corrected chi connectivity index (χ4v) is 1.19. The van der Waals surface area contributed by atoms with Gasteiger partial charge in [0.25, 0.3) is 0 Å². The Hall–Kier alpha value is -0.190. The van der Waals surface area contributed by atoms with Crippen LogP contribution in [0.15, 0.2) is 0 Å². The van der Waals surface area contributed by atoms with Gasteiger partial charge in [-0.15, -0.1) is 0 Å². The van der Waals surface area contributed by atoms with E-state index in [0.29, 0.717) is 13.2 Å². The highest BCUT2D eigenvalue weighted by molar-refractivity contribution is 4.82. The van der Waals surface area contributed by atoms with E-state index >= 15 is 0 Å². The molecular weight excluding hydrogens is 149 g/mol. The van der Waals surface area contributed by atoms with Crippen LogP contribution < -0.4 is 0 Å². The molecule has 1 heterocycles. The molecule has 1 fully saturated rings. The van der Waals surface area contributed by atoms with E-state index in [1.54, 1.807) is 0 Å². The highest BCUT2D eigenvalue weighted by atomic mass is 19.1. The van der Waals surface area contributed by atoms with Crippen LogP contribution in [-0.2, 0) is 4.74 Å². The first-order valence-corrected chi connectivity index (χ1v) is 3.71. The number of hydrogen-bond donors (Lipinski definition) is 1. The molecule has 3 nitrogen and oxygen atoms in total. The maximum Gasteiger partial charge on any atom is 0.129 e. The molecule has 0 aromatic carbocycles. The third kappa shape index (κ3) is 2.39. The van der Waals surface area contributed by atoms with Crippen LogP contribution in [-0.4, -0.2) is 55.6 Å². The van der Waals surface area contributed by atoms with E-state index in [9.17, 15) is 9.50 Å². The highest BCUT2D eigenvalue weighted by Crippen LogP contribution is 2.11. The van der Waals surface area contributed by atoms with Crippen molar-refractivity contribution in [2.75, 3.05) is 40.0 Å². The van der Waals surface area contributed by atoms with Crippen LogP contribution in [0.5, 0.6) is 0 Å². The molecule has 1 unspecified atom stereocenters. The number of alkyl halides is 1. The number of β-amino-alcohol motifs (C(OH)–C–C–N with tert-alkyl or cyclic N) is 1. The Morgan fingerprint density at radius 1 is 1.73 bits per heavy atom. The minimum Gasteiger partial charge on any atom is -0.383 e. The summed E-state index contributed by atoms with van der Waals surface area (Å²) < 4.78 is 17.3. The fourth-order valence-electron chi connectivity index (χ4n) is 1.19. The standard InChI is InChI=1S/C7H14FNO2/c1-9-2-3-11-6-7(10,4-8)5-9/h10H,2-6H2,1H3. The van der Waals surface area contributed by atoms with Crippen molar-refractivity contribution in [3.05, 3.63) is 0 Å². The van der Waals surface area contributed by atoms with Crippen LogP contribution in [0.3, 0.4) is 0 Å². The zero-order valence-electron chi connectivity index (χ0n) is 6.72. The molecule has 0 aliphatic carbocycles. The van der Waals surface area contributed by atoms with Gasteiger partial charge in [0.2, 0.25) is 0 Å². The summed E-state index contributed by atoms with van der Waals surface area (Å²) in [6, 6.07) is 0. The van der Waals surface area contributed by atoms with Crippen molar-refractivity contribution in [1.29, 1.82) is 0 Å². The van der Waals surface area contributed by atoms with Crippen LogP contribution in [0, 0.1) is 0 Å². The van der Waals surface area contributed by atoms with Gasteiger partial charge in [-0.05, 0) is 7.05 Å². The maximum absolute atomic E-state index is 12.3. The largest absolute Gasteiger partial charge is 0.383 e. The molecule has 1 saturated heterocycles. The third-order valence-electron chi connectivity index (χ3n) is 1.80. The van der Waals surface area contributed by atoms with Gasteiger partial charge in [-0.3, -0.25) is 0 Å². The van der Waals surface area contributed by atoms with Crippen LogP contribution in [0.2, 0.25) is 0 Å². The van der Waals surface area contributed by atoms with Gasteiger partial charge in [0.05, 0.1) is 13.2 Å². The molecule has 0 aromatic heterocycles. The van der Waals surface area contributed by atoms with Crippen molar-refractivity contribution < 1.29 is 14.2 Å². The van der Waals surface area contributed by atoms with Gasteiger partial charge >= 0.3 is 0 Å². The van der Waals surface area contributed by atoms with Crippen molar-refractivity contribution in [1.82, 2.24) is 4.90 Å². The smallest absolute Gasteiger partial charge is 0.129 e. The first-order valence-electron chi connectivity index (χ1n) is 3.71. The van der Waals surface area contributed by atoms with E-state index in [4.69, 9.17) is 4.74 Å². The van der Waals surface area contributed by atoms with Gasteiger partial charge in [0.15, 0.2) is 0 Å². The Kier molecular flexibility index (Phi) is 2.81. The van der Waals surface area contributed by atoms with Crippen molar-refractivity contribution in [2.45, 2.75) is 5.60 Å². The summed E-state index contributed by atoms with van der Waals surface area (Å²) in [6.07, 6.45) is 0. The minimum atomic E-state index is -1.29. The van der Waals surface area contributed by atoms with Crippen molar-refractivity contribution in [2.24, 2.45) is 0 Å². The summed E-state index contributed by atoms with van der Waals surface area (Å²) in [5, 5.41) is 9.49. The Balaban J connectivity index is 2.51. The number of aliphatic hydroxyl groups is 1. The van der Waals surface area contributed by atoms with Gasteiger partial charge in [-0.1, -0.05) is 0 Å². The normalized spacial score (nSPS) is 35.2. The minimum absolute atomic E-state index is 0.105. The molecule has 1 aliphatic heterocycles. The van der Waals surface area contributed by atoms with Crippen LogP contribution in [0.25, 0.3) is 0 Å². The number of ether oxygens (including phenoxy) is 1. The van der Waals surface area contributed by atoms with Gasteiger partial charge in [0, 0.05) is 13.1 Å². The molecule has 1 atom stereocenters. The topological polar surface area (TPSA) is 32.7 Å². The molecule has 11 heavy (non-hydrogen) atoms. The molecule has 4 heteroatoms. The highest BCUT2D eigenvalue weighted by Gasteiger charge is 2.30. The van der Waals surface area contributed by atoms with E-state index in [1.165, 1.54) is 0 Å². The average molecular weight is 163 g/mol. The number of nitrogens with zero attached hydrogens (tertiary/aromatic N) is 1. The number of halogens is 1. The molecule has 0 saturated carbocycles. The summed E-state index contributed by atoms with van der Waals surface area (Å²) in [5.74, 6) is 0. The molecule has 0 spiro atoms. The predicted octanol–water partition coefficient (Wildman–Crippen LogP) is -0.351. The monoisotopic (exact) mass is 163 g/mol. The van der Waals surface area contributed by atoms with E-state index in [2.05, 4.69) is 0 Å². The van der Waals surface area contributed by atoms with Crippen molar-refractivity contribution in [3.8, 4) is 0 Å².